The molecule has 1 aliphatic carbocycles. The molecule has 0 unspecified atom stereocenters. The number of hydrogen-bond acceptors (Lipinski definition) is 6. The van der Waals surface area contributed by atoms with Crippen LogP contribution >= 0.6 is 22.7 Å². The maximum absolute atomic E-state index is 11.7. The van der Waals surface area contributed by atoms with Crippen molar-refractivity contribution in [3.8, 4) is 10.7 Å². The fourth-order valence-electron chi connectivity index (χ4n) is 2.25. The van der Waals surface area contributed by atoms with E-state index in [2.05, 4.69) is 26.9 Å². The summed E-state index contributed by atoms with van der Waals surface area (Å²) in [6.07, 6.45) is 2.71. The molecule has 0 atom stereocenters. The van der Waals surface area contributed by atoms with Crippen LogP contribution in [0, 0.1) is 5.92 Å². The molecule has 1 saturated carbocycles. The summed E-state index contributed by atoms with van der Waals surface area (Å²) < 4.78 is 5.32. The zero-order chi connectivity index (χ0) is 15.6. The fraction of sp³-hybridized carbons (Fsp3) is 0.312. The zero-order valence-electron chi connectivity index (χ0n) is 12.3. The highest BCUT2D eigenvalue weighted by Gasteiger charge is 2.29. The first-order chi connectivity index (χ1) is 11.3. The highest BCUT2D eigenvalue weighted by molar-refractivity contribution is 7.15. The van der Waals surface area contributed by atoms with E-state index in [0.29, 0.717) is 24.7 Å². The minimum Gasteiger partial charge on any atom is -0.351 e. The molecular formula is C16H15N3O2S2. The Labute approximate surface area is 141 Å². The van der Waals surface area contributed by atoms with Crippen molar-refractivity contribution < 1.29 is 9.32 Å². The van der Waals surface area contributed by atoms with E-state index in [9.17, 15) is 4.79 Å². The first kappa shape index (κ1) is 14.6. The van der Waals surface area contributed by atoms with Gasteiger partial charge in [-0.25, -0.2) is 0 Å². The molecule has 5 nitrogen and oxygen atoms in total. The van der Waals surface area contributed by atoms with Gasteiger partial charge in [-0.3, -0.25) is 4.79 Å². The number of aromatic nitrogens is 2. The van der Waals surface area contributed by atoms with Crippen molar-refractivity contribution in [2.75, 3.05) is 0 Å². The fourth-order valence-corrected chi connectivity index (χ4v) is 3.79. The summed E-state index contributed by atoms with van der Waals surface area (Å²) in [5.74, 6) is 1.64. The van der Waals surface area contributed by atoms with Gasteiger partial charge in [0.25, 0.3) is 0 Å². The van der Waals surface area contributed by atoms with Gasteiger partial charge in [0.15, 0.2) is 0 Å². The van der Waals surface area contributed by atoms with E-state index in [1.54, 1.807) is 22.7 Å². The molecule has 3 aromatic rings. The molecule has 3 heterocycles. The lowest BCUT2D eigenvalue weighted by atomic mass is 10.2. The van der Waals surface area contributed by atoms with Crippen molar-refractivity contribution in [1.29, 1.82) is 0 Å². The molecule has 1 N–H and O–H groups in total. The van der Waals surface area contributed by atoms with E-state index in [4.69, 9.17) is 4.52 Å². The van der Waals surface area contributed by atoms with Crippen LogP contribution in [-0.4, -0.2) is 16.0 Å². The first-order valence-electron chi connectivity index (χ1n) is 7.48. The number of nitrogens with zero attached hydrogens (tertiary/aromatic N) is 2. The Balaban J connectivity index is 1.40. The van der Waals surface area contributed by atoms with E-state index in [0.717, 1.165) is 22.6 Å². The molecule has 0 bridgehead atoms. The summed E-state index contributed by atoms with van der Waals surface area (Å²) in [6, 6.07) is 6.03. The zero-order valence-corrected chi connectivity index (χ0v) is 14.0. The quantitative estimate of drug-likeness (QED) is 0.743. The van der Waals surface area contributed by atoms with Crippen LogP contribution in [0.15, 0.2) is 33.5 Å². The lowest BCUT2D eigenvalue weighted by Crippen LogP contribution is -2.23. The Kier molecular flexibility index (Phi) is 3.97. The predicted molar refractivity (Wildman–Crippen MR) is 89.3 cm³/mol. The molecule has 0 aliphatic heterocycles. The highest BCUT2D eigenvalue weighted by atomic mass is 32.1. The lowest BCUT2D eigenvalue weighted by molar-refractivity contribution is -0.122. The van der Waals surface area contributed by atoms with Crippen LogP contribution in [0.25, 0.3) is 10.7 Å². The van der Waals surface area contributed by atoms with Gasteiger partial charge in [-0.05, 0) is 47.4 Å². The highest BCUT2D eigenvalue weighted by Crippen LogP contribution is 2.30. The summed E-state index contributed by atoms with van der Waals surface area (Å²) in [7, 11) is 0. The molecular weight excluding hydrogens is 330 g/mol. The summed E-state index contributed by atoms with van der Waals surface area (Å²) in [6.45, 7) is 0.569. The van der Waals surface area contributed by atoms with Crippen molar-refractivity contribution in [3.63, 3.8) is 0 Å². The normalized spacial score (nSPS) is 14.1. The van der Waals surface area contributed by atoms with Gasteiger partial charge < -0.3 is 9.84 Å². The monoisotopic (exact) mass is 345 g/mol. The van der Waals surface area contributed by atoms with Crippen molar-refractivity contribution in [3.05, 3.63) is 45.3 Å². The van der Waals surface area contributed by atoms with Crippen LogP contribution < -0.4 is 5.32 Å². The second-order valence-corrected chi connectivity index (χ2v) is 7.53. The van der Waals surface area contributed by atoms with Gasteiger partial charge in [-0.1, -0.05) is 5.16 Å². The topological polar surface area (TPSA) is 68.0 Å². The van der Waals surface area contributed by atoms with Crippen LogP contribution in [0.5, 0.6) is 0 Å². The van der Waals surface area contributed by atoms with E-state index in [1.165, 1.54) is 5.56 Å². The molecule has 1 fully saturated rings. The number of nitrogens with one attached hydrogen (secondary N) is 1. The van der Waals surface area contributed by atoms with E-state index in [1.807, 2.05) is 17.5 Å². The van der Waals surface area contributed by atoms with E-state index >= 15 is 0 Å². The Bertz CT molecular complexity index is 803. The van der Waals surface area contributed by atoms with Gasteiger partial charge in [0.2, 0.25) is 17.6 Å². The van der Waals surface area contributed by atoms with E-state index < -0.39 is 0 Å². The minimum absolute atomic E-state index is 0.164. The number of rotatable bonds is 6. The minimum atomic E-state index is 0.164. The van der Waals surface area contributed by atoms with Crippen LogP contribution in [0.2, 0.25) is 0 Å². The molecule has 1 amide bonds. The molecule has 0 radical (unpaired) electrons. The Hall–Kier alpha value is -1.99. The Morgan fingerprint density at radius 3 is 3.04 bits per heavy atom. The van der Waals surface area contributed by atoms with Crippen molar-refractivity contribution in [1.82, 2.24) is 15.5 Å². The third-order valence-corrected chi connectivity index (χ3v) is 5.48. The second kappa shape index (κ2) is 6.25. The lowest BCUT2D eigenvalue weighted by Gasteiger charge is -2.00. The van der Waals surface area contributed by atoms with Gasteiger partial charge in [0, 0.05) is 10.8 Å². The largest absolute Gasteiger partial charge is 0.351 e. The molecule has 0 aromatic carbocycles. The maximum Gasteiger partial charge on any atom is 0.231 e. The number of hydrogen-bond donors (Lipinski definition) is 1. The smallest absolute Gasteiger partial charge is 0.231 e. The maximum atomic E-state index is 11.7. The van der Waals surface area contributed by atoms with Crippen molar-refractivity contribution >= 4 is 28.6 Å². The first-order valence-corrected chi connectivity index (χ1v) is 9.24. The van der Waals surface area contributed by atoms with Gasteiger partial charge in [-0.15, -0.1) is 11.3 Å². The Morgan fingerprint density at radius 1 is 1.35 bits per heavy atom. The van der Waals surface area contributed by atoms with Crippen LogP contribution in [0.3, 0.4) is 0 Å². The molecule has 4 rings (SSSR count). The van der Waals surface area contributed by atoms with Gasteiger partial charge in [0.1, 0.15) is 0 Å². The third-order valence-electron chi connectivity index (χ3n) is 3.67. The molecule has 23 heavy (non-hydrogen) atoms. The van der Waals surface area contributed by atoms with Crippen molar-refractivity contribution in [2.24, 2.45) is 5.92 Å². The van der Waals surface area contributed by atoms with Crippen LogP contribution in [-0.2, 0) is 17.8 Å². The summed E-state index contributed by atoms with van der Waals surface area (Å²) in [4.78, 5) is 18.2. The predicted octanol–water partition coefficient (Wildman–Crippen LogP) is 3.48. The number of amides is 1. The molecule has 7 heteroatoms. The Morgan fingerprint density at radius 2 is 2.26 bits per heavy atom. The third kappa shape index (κ3) is 3.51. The molecule has 118 valence electrons. The number of carbonyl (C=O) groups is 1. The van der Waals surface area contributed by atoms with Crippen molar-refractivity contribution in [2.45, 2.75) is 25.8 Å². The van der Waals surface area contributed by atoms with Gasteiger partial charge in [-0.2, -0.15) is 16.3 Å². The standard InChI is InChI=1S/C16H15N3O2S2/c20-16(11-1-2-11)17-8-12-3-4-13(23-12)15-18-14(21-19-15)7-10-5-6-22-9-10/h3-6,9,11H,1-2,7-8H2,(H,17,20). The summed E-state index contributed by atoms with van der Waals surface area (Å²) >= 11 is 3.24. The number of carbonyl (C=O) groups excluding carboxylic acids is 1. The molecule has 3 aromatic heterocycles. The summed E-state index contributed by atoms with van der Waals surface area (Å²) in [5, 5.41) is 11.1. The average Bonchev–Trinajstić information content (AvgIpc) is 2.96. The SMILES string of the molecule is O=C(NCc1ccc(-c2noc(Cc3ccsc3)n2)s1)C1CC1. The summed E-state index contributed by atoms with van der Waals surface area (Å²) in [5.41, 5.74) is 1.18. The average molecular weight is 345 g/mol. The van der Waals surface area contributed by atoms with Gasteiger partial charge in [0.05, 0.1) is 17.8 Å². The second-order valence-electron chi connectivity index (χ2n) is 5.58. The van der Waals surface area contributed by atoms with Crippen LogP contribution in [0.4, 0.5) is 0 Å². The van der Waals surface area contributed by atoms with Crippen LogP contribution in [0.1, 0.15) is 29.2 Å². The molecule has 0 saturated heterocycles. The molecule has 0 spiro atoms. The number of thiophene rings is 2. The molecule has 1 aliphatic rings. The van der Waals surface area contributed by atoms with E-state index in [-0.39, 0.29) is 11.8 Å². The van der Waals surface area contributed by atoms with Gasteiger partial charge >= 0.3 is 0 Å².